The molecule has 1 aromatic carbocycles. The van der Waals surface area contributed by atoms with E-state index < -0.39 is 0 Å². The van der Waals surface area contributed by atoms with Crippen molar-refractivity contribution in [1.82, 2.24) is 0 Å². The molecule has 0 aliphatic rings. The molecule has 1 aromatic rings. The van der Waals surface area contributed by atoms with E-state index in [1.165, 1.54) is 77.0 Å². The zero-order valence-electron chi connectivity index (χ0n) is 25.5. The van der Waals surface area contributed by atoms with E-state index in [0.717, 1.165) is 51.4 Å². The van der Waals surface area contributed by atoms with Crippen LogP contribution in [0.25, 0.3) is 0 Å². The summed E-state index contributed by atoms with van der Waals surface area (Å²) in [7, 11) is 0. The molecule has 0 aliphatic heterocycles. The van der Waals surface area contributed by atoms with Crippen molar-refractivity contribution in [3.8, 4) is 17.2 Å². The fourth-order valence-corrected chi connectivity index (χ4v) is 4.61. The van der Waals surface area contributed by atoms with Gasteiger partial charge in [0.05, 0.1) is 6.61 Å². The average molecular weight is 547 g/mol. The zero-order valence-corrected chi connectivity index (χ0v) is 25.5. The SMILES string of the molecule is CCCCCCCCCC(=O)Oc1ccc(OCCCCCCCC)cc1OC(=O)CCCCCCCCC. The summed E-state index contributed by atoms with van der Waals surface area (Å²) < 4.78 is 17.3. The highest BCUT2D eigenvalue weighted by molar-refractivity contribution is 5.76. The van der Waals surface area contributed by atoms with E-state index in [0.29, 0.717) is 30.9 Å². The minimum atomic E-state index is -0.291. The van der Waals surface area contributed by atoms with Crippen LogP contribution in [0.1, 0.15) is 162 Å². The Morgan fingerprint density at radius 3 is 1.41 bits per heavy atom. The lowest BCUT2D eigenvalue weighted by Gasteiger charge is -2.13. The summed E-state index contributed by atoms with van der Waals surface area (Å²) in [5.41, 5.74) is 0. The average Bonchev–Trinajstić information content (AvgIpc) is 2.93. The molecule has 0 bridgehead atoms. The Kier molecular flexibility index (Phi) is 22.4. The molecule has 0 amide bonds. The van der Waals surface area contributed by atoms with Crippen molar-refractivity contribution >= 4 is 11.9 Å². The normalized spacial score (nSPS) is 10.9. The Bertz CT molecular complexity index is 745. The second kappa shape index (κ2) is 25.0. The molecule has 1 rings (SSSR count). The molecule has 0 aliphatic carbocycles. The summed E-state index contributed by atoms with van der Waals surface area (Å²) in [5, 5.41) is 0. The molecule has 5 heteroatoms. The number of carbonyl (C=O) groups excluding carboxylic acids is 2. The summed E-state index contributed by atoms with van der Waals surface area (Å²) in [6.45, 7) is 7.27. The van der Waals surface area contributed by atoms with Gasteiger partial charge in [-0.3, -0.25) is 9.59 Å². The van der Waals surface area contributed by atoms with E-state index in [9.17, 15) is 9.59 Å². The second-order valence-corrected chi connectivity index (χ2v) is 10.9. The molecule has 224 valence electrons. The lowest BCUT2D eigenvalue weighted by atomic mass is 10.1. The van der Waals surface area contributed by atoms with E-state index in [1.54, 1.807) is 18.2 Å². The van der Waals surface area contributed by atoms with Crippen molar-refractivity contribution in [2.75, 3.05) is 6.61 Å². The highest BCUT2D eigenvalue weighted by Gasteiger charge is 2.15. The molecule has 0 saturated heterocycles. The van der Waals surface area contributed by atoms with Crippen LogP contribution in [0.4, 0.5) is 0 Å². The number of rotatable bonds is 26. The Morgan fingerprint density at radius 2 is 0.923 bits per heavy atom. The van der Waals surface area contributed by atoms with Crippen LogP contribution < -0.4 is 14.2 Å². The van der Waals surface area contributed by atoms with Crippen LogP contribution in [0.5, 0.6) is 17.2 Å². The fourth-order valence-electron chi connectivity index (χ4n) is 4.61. The van der Waals surface area contributed by atoms with Crippen molar-refractivity contribution in [2.45, 2.75) is 162 Å². The van der Waals surface area contributed by atoms with Crippen LogP contribution >= 0.6 is 0 Å². The lowest BCUT2D eigenvalue weighted by molar-refractivity contribution is -0.137. The first-order valence-corrected chi connectivity index (χ1v) is 16.3. The molecule has 0 saturated carbocycles. The van der Waals surface area contributed by atoms with E-state index in [1.807, 2.05) is 0 Å². The minimum Gasteiger partial charge on any atom is -0.493 e. The fraction of sp³-hybridized carbons (Fsp3) is 0.765. The number of esters is 2. The van der Waals surface area contributed by atoms with Gasteiger partial charge in [-0.15, -0.1) is 0 Å². The molecule has 5 nitrogen and oxygen atoms in total. The summed E-state index contributed by atoms with van der Waals surface area (Å²) >= 11 is 0. The molecule has 0 aromatic heterocycles. The first-order chi connectivity index (χ1) is 19.1. The Morgan fingerprint density at radius 1 is 0.513 bits per heavy atom. The lowest BCUT2D eigenvalue weighted by Crippen LogP contribution is -2.12. The highest BCUT2D eigenvalue weighted by atomic mass is 16.6. The van der Waals surface area contributed by atoms with Crippen LogP contribution in [-0.4, -0.2) is 18.5 Å². The van der Waals surface area contributed by atoms with Crippen LogP contribution in [0.2, 0.25) is 0 Å². The van der Waals surface area contributed by atoms with Crippen LogP contribution in [-0.2, 0) is 9.59 Å². The van der Waals surface area contributed by atoms with Crippen molar-refractivity contribution in [3.05, 3.63) is 18.2 Å². The first-order valence-electron chi connectivity index (χ1n) is 16.3. The first kappa shape index (κ1) is 35.0. The largest absolute Gasteiger partial charge is 0.493 e. The Hall–Kier alpha value is -2.04. The zero-order chi connectivity index (χ0) is 28.4. The minimum absolute atomic E-state index is 0.274. The summed E-state index contributed by atoms with van der Waals surface area (Å²) in [6, 6.07) is 5.17. The predicted molar refractivity (Wildman–Crippen MR) is 162 cm³/mol. The van der Waals surface area contributed by atoms with Gasteiger partial charge in [0.15, 0.2) is 11.5 Å². The number of ether oxygens (including phenoxy) is 3. The standard InChI is InChI=1S/C34H58O5/c1-4-7-10-13-16-18-21-24-33(35)38-31-27-26-30(37-28-23-20-15-12-9-6-3)29-32(31)39-34(36)25-22-19-17-14-11-8-5-2/h26-27,29H,4-25,28H2,1-3H3. The van der Waals surface area contributed by atoms with Gasteiger partial charge in [-0.2, -0.15) is 0 Å². The number of benzene rings is 1. The molecule has 39 heavy (non-hydrogen) atoms. The van der Waals surface area contributed by atoms with Gasteiger partial charge in [0.25, 0.3) is 0 Å². The maximum atomic E-state index is 12.6. The topological polar surface area (TPSA) is 61.8 Å². The van der Waals surface area contributed by atoms with Crippen molar-refractivity contribution in [2.24, 2.45) is 0 Å². The van der Waals surface area contributed by atoms with Gasteiger partial charge < -0.3 is 14.2 Å². The summed E-state index contributed by atoms with van der Waals surface area (Å²) in [5.74, 6) is 0.628. The monoisotopic (exact) mass is 546 g/mol. The third-order valence-electron chi connectivity index (χ3n) is 7.10. The van der Waals surface area contributed by atoms with Crippen LogP contribution in [0, 0.1) is 0 Å². The summed E-state index contributed by atoms with van der Waals surface area (Å²) in [4.78, 5) is 25.1. The van der Waals surface area contributed by atoms with Crippen molar-refractivity contribution in [1.29, 1.82) is 0 Å². The smallest absolute Gasteiger partial charge is 0.311 e. The molecule has 0 N–H and O–H groups in total. The maximum absolute atomic E-state index is 12.6. The van der Waals surface area contributed by atoms with Gasteiger partial charge in [0, 0.05) is 18.9 Å². The predicted octanol–water partition coefficient (Wildman–Crippen LogP) is 10.5. The van der Waals surface area contributed by atoms with Gasteiger partial charge >= 0.3 is 11.9 Å². The third kappa shape index (κ3) is 19.6. The number of hydrogen-bond acceptors (Lipinski definition) is 5. The Balaban J connectivity index is 2.58. The third-order valence-corrected chi connectivity index (χ3v) is 7.10. The van der Waals surface area contributed by atoms with Crippen molar-refractivity contribution in [3.63, 3.8) is 0 Å². The summed E-state index contributed by atoms with van der Waals surface area (Å²) in [6.07, 6.45) is 23.9. The molecule has 0 heterocycles. The number of unbranched alkanes of at least 4 members (excludes halogenated alkanes) is 17. The number of hydrogen-bond donors (Lipinski definition) is 0. The van der Waals surface area contributed by atoms with Gasteiger partial charge in [-0.25, -0.2) is 0 Å². The van der Waals surface area contributed by atoms with Gasteiger partial charge in [-0.1, -0.05) is 130 Å². The second-order valence-electron chi connectivity index (χ2n) is 10.9. The van der Waals surface area contributed by atoms with E-state index >= 15 is 0 Å². The molecule has 0 atom stereocenters. The van der Waals surface area contributed by atoms with Gasteiger partial charge in [0.1, 0.15) is 5.75 Å². The van der Waals surface area contributed by atoms with E-state index in [4.69, 9.17) is 14.2 Å². The number of carbonyl (C=O) groups is 2. The molecular weight excluding hydrogens is 488 g/mol. The Labute approximate surface area is 239 Å². The highest BCUT2D eigenvalue weighted by Crippen LogP contribution is 2.33. The van der Waals surface area contributed by atoms with Crippen LogP contribution in [0.3, 0.4) is 0 Å². The van der Waals surface area contributed by atoms with E-state index in [-0.39, 0.29) is 17.7 Å². The van der Waals surface area contributed by atoms with Crippen molar-refractivity contribution < 1.29 is 23.8 Å². The van der Waals surface area contributed by atoms with Gasteiger partial charge in [0.2, 0.25) is 0 Å². The maximum Gasteiger partial charge on any atom is 0.311 e. The van der Waals surface area contributed by atoms with Crippen LogP contribution in [0.15, 0.2) is 18.2 Å². The quantitative estimate of drug-likeness (QED) is 0.0657. The molecule has 0 fully saturated rings. The van der Waals surface area contributed by atoms with Gasteiger partial charge in [-0.05, 0) is 31.4 Å². The molecule has 0 unspecified atom stereocenters. The molecule has 0 radical (unpaired) electrons. The molecular formula is C34H58O5. The molecule has 0 spiro atoms. The van der Waals surface area contributed by atoms with E-state index in [2.05, 4.69) is 20.8 Å².